The van der Waals surface area contributed by atoms with Crippen LogP contribution in [0.15, 0.2) is 17.5 Å². The Morgan fingerprint density at radius 1 is 1.33 bits per heavy atom. The lowest BCUT2D eigenvalue weighted by molar-refractivity contribution is 0.373. The SMILES string of the molecule is CF.c1csc(CNC2CCCCC2)c1. The van der Waals surface area contributed by atoms with Crippen LogP contribution < -0.4 is 5.32 Å². The van der Waals surface area contributed by atoms with Crippen molar-refractivity contribution in [1.29, 1.82) is 0 Å². The maximum Gasteiger partial charge on any atom is 0.0785 e. The third-order valence-corrected chi connectivity index (χ3v) is 3.63. The predicted molar refractivity (Wildman–Crippen MR) is 65.1 cm³/mol. The molecule has 86 valence electrons. The van der Waals surface area contributed by atoms with Gasteiger partial charge in [0.25, 0.3) is 0 Å². The molecule has 0 aliphatic heterocycles. The van der Waals surface area contributed by atoms with Gasteiger partial charge in [-0.1, -0.05) is 25.3 Å². The Hall–Kier alpha value is -0.410. The molecule has 1 aromatic heterocycles. The van der Waals surface area contributed by atoms with Crippen LogP contribution in [0.2, 0.25) is 0 Å². The summed E-state index contributed by atoms with van der Waals surface area (Å²) in [6.07, 6.45) is 7.04. The van der Waals surface area contributed by atoms with Gasteiger partial charge >= 0.3 is 0 Å². The van der Waals surface area contributed by atoms with Crippen molar-refractivity contribution in [3.05, 3.63) is 22.4 Å². The summed E-state index contributed by atoms with van der Waals surface area (Å²) < 4.78 is 9.50. The van der Waals surface area contributed by atoms with E-state index in [-0.39, 0.29) is 0 Å². The molecular weight excluding hydrogens is 209 g/mol. The van der Waals surface area contributed by atoms with Crippen LogP contribution >= 0.6 is 11.3 Å². The number of hydrogen-bond acceptors (Lipinski definition) is 2. The molecule has 1 nitrogen and oxygen atoms in total. The molecule has 0 saturated heterocycles. The Balaban J connectivity index is 0.000000531. The molecule has 1 saturated carbocycles. The fourth-order valence-electron chi connectivity index (χ4n) is 1.96. The van der Waals surface area contributed by atoms with E-state index >= 15 is 0 Å². The molecule has 15 heavy (non-hydrogen) atoms. The maximum absolute atomic E-state index is 9.50. The standard InChI is InChI=1S/C11H17NS.CH3F/c1-2-5-10(6-3-1)12-9-11-7-4-8-13-11;1-2/h4,7-8,10,12H,1-3,5-6,9H2;1H3. The first kappa shape index (κ1) is 12.7. The summed E-state index contributed by atoms with van der Waals surface area (Å²) >= 11 is 1.85. The third kappa shape index (κ3) is 4.76. The molecule has 0 unspecified atom stereocenters. The maximum atomic E-state index is 9.50. The van der Waals surface area contributed by atoms with E-state index in [1.807, 2.05) is 11.3 Å². The van der Waals surface area contributed by atoms with Crippen LogP contribution in [0.25, 0.3) is 0 Å². The summed E-state index contributed by atoms with van der Waals surface area (Å²) in [4.78, 5) is 1.46. The van der Waals surface area contributed by atoms with Gasteiger partial charge in [0.1, 0.15) is 0 Å². The molecule has 1 fully saturated rings. The van der Waals surface area contributed by atoms with Gasteiger partial charge in [-0.15, -0.1) is 11.3 Å². The molecule has 1 aromatic rings. The highest BCUT2D eigenvalue weighted by atomic mass is 32.1. The Morgan fingerprint density at radius 2 is 2.07 bits per heavy atom. The quantitative estimate of drug-likeness (QED) is 0.832. The number of nitrogens with one attached hydrogen (secondary N) is 1. The lowest BCUT2D eigenvalue weighted by Gasteiger charge is -2.22. The minimum Gasteiger partial charge on any atom is -0.309 e. The van der Waals surface area contributed by atoms with Gasteiger partial charge in [0.15, 0.2) is 0 Å². The van der Waals surface area contributed by atoms with Crippen molar-refractivity contribution in [2.75, 3.05) is 7.18 Å². The Labute approximate surface area is 95.7 Å². The van der Waals surface area contributed by atoms with Crippen molar-refractivity contribution in [2.24, 2.45) is 0 Å². The summed E-state index contributed by atoms with van der Waals surface area (Å²) in [5.74, 6) is 0. The van der Waals surface area contributed by atoms with Crippen molar-refractivity contribution in [1.82, 2.24) is 5.32 Å². The molecular formula is C12H20FNS. The van der Waals surface area contributed by atoms with E-state index in [1.54, 1.807) is 0 Å². The molecule has 0 radical (unpaired) electrons. The van der Waals surface area contributed by atoms with Crippen molar-refractivity contribution in [3.8, 4) is 0 Å². The summed E-state index contributed by atoms with van der Waals surface area (Å²) in [6.45, 7) is 1.07. The molecule has 1 heterocycles. The molecule has 2 rings (SSSR count). The summed E-state index contributed by atoms with van der Waals surface area (Å²) in [5, 5.41) is 5.79. The number of halogens is 1. The van der Waals surface area contributed by atoms with Gasteiger partial charge in [0.05, 0.1) is 7.18 Å². The number of rotatable bonds is 3. The molecule has 1 aliphatic carbocycles. The van der Waals surface area contributed by atoms with Crippen molar-refractivity contribution < 1.29 is 4.39 Å². The van der Waals surface area contributed by atoms with Crippen LogP contribution in [0.4, 0.5) is 4.39 Å². The van der Waals surface area contributed by atoms with Gasteiger partial charge in [-0.2, -0.15) is 0 Å². The summed E-state index contributed by atoms with van der Waals surface area (Å²) in [6, 6.07) is 5.12. The van der Waals surface area contributed by atoms with Gasteiger partial charge in [0, 0.05) is 17.5 Å². The van der Waals surface area contributed by atoms with Gasteiger partial charge < -0.3 is 5.32 Å². The highest BCUT2D eigenvalue weighted by molar-refractivity contribution is 7.09. The van der Waals surface area contributed by atoms with Crippen LogP contribution in [0.3, 0.4) is 0 Å². The molecule has 1 aliphatic rings. The second kappa shape index (κ2) is 7.83. The van der Waals surface area contributed by atoms with Gasteiger partial charge in [0.2, 0.25) is 0 Å². The molecule has 0 bridgehead atoms. The third-order valence-electron chi connectivity index (χ3n) is 2.75. The van der Waals surface area contributed by atoms with E-state index in [9.17, 15) is 4.39 Å². The van der Waals surface area contributed by atoms with Gasteiger partial charge in [-0.25, -0.2) is 0 Å². The zero-order valence-corrected chi connectivity index (χ0v) is 10.2. The molecule has 0 amide bonds. The zero-order valence-electron chi connectivity index (χ0n) is 9.34. The highest BCUT2D eigenvalue weighted by Crippen LogP contribution is 2.18. The lowest BCUT2D eigenvalue weighted by atomic mass is 9.95. The van der Waals surface area contributed by atoms with Crippen LogP contribution in [0, 0.1) is 0 Å². The van der Waals surface area contributed by atoms with Crippen LogP contribution in [0.5, 0.6) is 0 Å². The Morgan fingerprint density at radius 3 is 2.67 bits per heavy atom. The number of thiophene rings is 1. The van der Waals surface area contributed by atoms with Crippen LogP contribution in [-0.4, -0.2) is 13.2 Å². The second-order valence-electron chi connectivity index (χ2n) is 3.80. The molecule has 3 heteroatoms. The molecule has 0 spiro atoms. The van der Waals surface area contributed by atoms with E-state index < -0.39 is 0 Å². The zero-order chi connectivity index (χ0) is 10.9. The molecule has 0 atom stereocenters. The average Bonchev–Trinajstić information content (AvgIpc) is 2.83. The first-order valence-corrected chi connectivity index (χ1v) is 6.47. The normalized spacial score (nSPS) is 16.9. The minimum atomic E-state index is 0.500. The van der Waals surface area contributed by atoms with Crippen LogP contribution in [-0.2, 0) is 6.54 Å². The van der Waals surface area contributed by atoms with E-state index in [4.69, 9.17) is 0 Å². The molecule has 0 aromatic carbocycles. The number of hydrogen-bond donors (Lipinski definition) is 1. The van der Waals surface area contributed by atoms with E-state index in [1.165, 1.54) is 37.0 Å². The smallest absolute Gasteiger partial charge is 0.0785 e. The largest absolute Gasteiger partial charge is 0.309 e. The van der Waals surface area contributed by atoms with E-state index in [0.717, 1.165) is 12.6 Å². The minimum absolute atomic E-state index is 0.500. The topological polar surface area (TPSA) is 12.0 Å². The summed E-state index contributed by atoms with van der Waals surface area (Å²) in [7, 11) is 0.500. The second-order valence-corrected chi connectivity index (χ2v) is 4.83. The van der Waals surface area contributed by atoms with E-state index in [2.05, 4.69) is 22.8 Å². The summed E-state index contributed by atoms with van der Waals surface area (Å²) in [5.41, 5.74) is 0. The fraction of sp³-hybridized carbons (Fsp3) is 0.667. The number of alkyl halides is 1. The van der Waals surface area contributed by atoms with Crippen molar-refractivity contribution in [2.45, 2.75) is 44.7 Å². The lowest BCUT2D eigenvalue weighted by Crippen LogP contribution is -2.30. The highest BCUT2D eigenvalue weighted by Gasteiger charge is 2.11. The van der Waals surface area contributed by atoms with Gasteiger partial charge in [-0.3, -0.25) is 4.39 Å². The van der Waals surface area contributed by atoms with Crippen molar-refractivity contribution in [3.63, 3.8) is 0 Å². The van der Waals surface area contributed by atoms with Gasteiger partial charge in [-0.05, 0) is 24.3 Å². The average molecular weight is 229 g/mol. The first-order chi connectivity index (χ1) is 7.45. The monoisotopic (exact) mass is 229 g/mol. The Kier molecular flexibility index (Phi) is 6.60. The van der Waals surface area contributed by atoms with Crippen LogP contribution in [0.1, 0.15) is 37.0 Å². The first-order valence-electron chi connectivity index (χ1n) is 5.59. The van der Waals surface area contributed by atoms with E-state index in [0.29, 0.717) is 7.18 Å². The molecule has 1 N–H and O–H groups in total. The fourth-order valence-corrected chi connectivity index (χ4v) is 2.62. The predicted octanol–water partition coefficient (Wildman–Crippen LogP) is 3.76. The Bertz CT molecular complexity index is 230. The van der Waals surface area contributed by atoms with Crippen molar-refractivity contribution >= 4 is 11.3 Å².